The van der Waals surface area contributed by atoms with Crippen LogP contribution >= 0.6 is 24.0 Å². The Morgan fingerprint density at radius 3 is 1.75 bits per heavy atom. The van der Waals surface area contributed by atoms with Gasteiger partial charge in [-0.2, -0.15) is 0 Å². The highest BCUT2D eigenvalue weighted by Crippen LogP contribution is 2.02. The number of unbranched alkanes of at least 4 members (excludes halogenated alkanes) is 4. The molecule has 0 atom stereocenters. The van der Waals surface area contributed by atoms with Crippen molar-refractivity contribution in [3.8, 4) is 0 Å². The van der Waals surface area contributed by atoms with Crippen molar-refractivity contribution >= 4 is 24.0 Å². The highest BCUT2D eigenvalue weighted by Gasteiger charge is 1.84. The zero-order valence-electron chi connectivity index (χ0n) is 8.53. The first-order chi connectivity index (χ1) is 5.33. The van der Waals surface area contributed by atoms with Crippen LogP contribution in [0.5, 0.6) is 0 Å². The fraction of sp³-hybridized carbons (Fsp3) is 1.00. The molecule has 0 radical (unpaired) electrons. The van der Waals surface area contributed by atoms with Crippen LogP contribution in [-0.4, -0.2) is 20.0 Å². The lowest BCUT2D eigenvalue weighted by atomic mass is 10.2. The summed E-state index contributed by atoms with van der Waals surface area (Å²) < 4.78 is 0. The molecule has 0 spiro atoms. The molecule has 1 nitrogen and oxygen atoms in total. The van der Waals surface area contributed by atoms with Crippen LogP contribution in [0.25, 0.3) is 0 Å². The Kier molecular flexibility index (Phi) is 34.5. The average molecular weight is 216 g/mol. The number of nitrogens with one attached hydrogen (secondary N) is 1. The second kappa shape index (κ2) is 22.5. The van der Waals surface area contributed by atoms with E-state index >= 15 is 0 Å². The van der Waals surface area contributed by atoms with E-state index in [4.69, 9.17) is 11.6 Å². The molecule has 0 aromatic rings. The summed E-state index contributed by atoms with van der Waals surface area (Å²) in [6.45, 7) is 2.22. The number of rotatable bonds is 5. The number of halogens is 2. The maximum Gasteiger partial charge on any atom is 0.0223 e. The van der Waals surface area contributed by atoms with Crippen LogP contribution in [0.1, 0.15) is 39.0 Å². The standard InChI is InChI=1S/C7H15Cl.C2H7N.ClH/c1-2-3-4-5-6-7-8;1-3-2;/h2-7H2,1H3;3H,1-2H3;1H. The molecule has 0 unspecified atom stereocenters. The van der Waals surface area contributed by atoms with Crippen LogP contribution < -0.4 is 5.32 Å². The molecule has 0 aliphatic rings. The summed E-state index contributed by atoms with van der Waals surface area (Å²) in [7, 11) is 3.75. The Morgan fingerprint density at radius 1 is 1.00 bits per heavy atom. The van der Waals surface area contributed by atoms with Gasteiger partial charge < -0.3 is 5.32 Å². The van der Waals surface area contributed by atoms with E-state index in [-0.39, 0.29) is 12.4 Å². The van der Waals surface area contributed by atoms with E-state index in [0.29, 0.717) is 0 Å². The third kappa shape index (κ3) is 31.3. The average Bonchev–Trinajstić information content (AvgIpc) is 2.00. The Labute approximate surface area is 88.7 Å². The minimum absolute atomic E-state index is 0. The molecule has 0 saturated heterocycles. The Morgan fingerprint density at radius 2 is 1.42 bits per heavy atom. The van der Waals surface area contributed by atoms with Gasteiger partial charge >= 0.3 is 0 Å². The highest BCUT2D eigenvalue weighted by atomic mass is 35.5. The SMILES string of the molecule is CCCCCCCCl.CNC.Cl. The molecule has 0 fully saturated rings. The zero-order chi connectivity index (χ0) is 8.95. The summed E-state index contributed by atoms with van der Waals surface area (Å²) in [5.41, 5.74) is 0. The van der Waals surface area contributed by atoms with E-state index in [2.05, 4.69) is 12.2 Å². The van der Waals surface area contributed by atoms with Gasteiger partial charge in [0, 0.05) is 5.88 Å². The Balaban J connectivity index is -0.000000177. The van der Waals surface area contributed by atoms with Crippen molar-refractivity contribution in [3.05, 3.63) is 0 Å². The third-order valence-corrected chi connectivity index (χ3v) is 1.50. The highest BCUT2D eigenvalue weighted by molar-refractivity contribution is 6.17. The summed E-state index contributed by atoms with van der Waals surface area (Å²) in [6.07, 6.45) is 6.57. The molecule has 0 saturated carbocycles. The van der Waals surface area contributed by atoms with Gasteiger partial charge in [0.2, 0.25) is 0 Å². The molecule has 0 amide bonds. The molecule has 12 heavy (non-hydrogen) atoms. The van der Waals surface area contributed by atoms with Gasteiger partial charge in [-0.3, -0.25) is 0 Å². The third-order valence-electron chi connectivity index (χ3n) is 1.24. The van der Waals surface area contributed by atoms with Gasteiger partial charge in [0.15, 0.2) is 0 Å². The van der Waals surface area contributed by atoms with Crippen molar-refractivity contribution in [2.45, 2.75) is 39.0 Å². The van der Waals surface area contributed by atoms with Gasteiger partial charge in [0.05, 0.1) is 0 Å². The van der Waals surface area contributed by atoms with Crippen molar-refractivity contribution < 1.29 is 0 Å². The van der Waals surface area contributed by atoms with E-state index in [1.54, 1.807) is 0 Å². The van der Waals surface area contributed by atoms with Crippen LogP contribution in [0.4, 0.5) is 0 Å². The molecular formula is C9H23Cl2N. The Hall–Kier alpha value is 0.540. The first kappa shape index (κ1) is 18.3. The van der Waals surface area contributed by atoms with E-state index in [0.717, 1.165) is 5.88 Å². The van der Waals surface area contributed by atoms with Gasteiger partial charge in [0.25, 0.3) is 0 Å². The van der Waals surface area contributed by atoms with Crippen LogP contribution in [0.2, 0.25) is 0 Å². The summed E-state index contributed by atoms with van der Waals surface area (Å²) >= 11 is 5.48. The van der Waals surface area contributed by atoms with Gasteiger partial charge in [-0.15, -0.1) is 24.0 Å². The first-order valence-corrected chi connectivity index (χ1v) is 5.01. The molecule has 1 N–H and O–H groups in total. The van der Waals surface area contributed by atoms with Crippen molar-refractivity contribution in [2.24, 2.45) is 0 Å². The maximum absolute atomic E-state index is 5.48. The van der Waals surface area contributed by atoms with E-state index in [1.165, 1.54) is 32.1 Å². The topological polar surface area (TPSA) is 12.0 Å². The number of hydrogen-bond donors (Lipinski definition) is 1. The normalized spacial score (nSPS) is 8.00. The van der Waals surface area contributed by atoms with Crippen LogP contribution in [-0.2, 0) is 0 Å². The molecule has 0 aliphatic carbocycles. The maximum atomic E-state index is 5.48. The van der Waals surface area contributed by atoms with Gasteiger partial charge in [-0.25, -0.2) is 0 Å². The Bertz CT molecular complexity index is 45.8. The molecule has 0 bridgehead atoms. The lowest BCUT2D eigenvalue weighted by molar-refractivity contribution is 0.658. The van der Waals surface area contributed by atoms with Crippen LogP contribution in [0, 0.1) is 0 Å². The van der Waals surface area contributed by atoms with Gasteiger partial charge in [-0.05, 0) is 20.5 Å². The van der Waals surface area contributed by atoms with Gasteiger partial charge in [-0.1, -0.05) is 32.6 Å². The predicted molar refractivity (Wildman–Crippen MR) is 61.7 cm³/mol. The molecule has 0 heterocycles. The van der Waals surface area contributed by atoms with Gasteiger partial charge in [0.1, 0.15) is 0 Å². The van der Waals surface area contributed by atoms with Crippen molar-refractivity contribution in [1.29, 1.82) is 0 Å². The molecule has 0 aliphatic heterocycles. The predicted octanol–water partition coefficient (Wildman–Crippen LogP) is 3.45. The minimum Gasteiger partial charge on any atom is -0.323 e. The summed E-state index contributed by atoms with van der Waals surface area (Å²) in [5, 5.41) is 2.75. The van der Waals surface area contributed by atoms with Crippen LogP contribution in [0.15, 0.2) is 0 Å². The lowest BCUT2D eigenvalue weighted by Gasteiger charge is -1.93. The quantitative estimate of drug-likeness (QED) is 0.548. The second-order valence-electron chi connectivity index (χ2n) is 2.60. The molecule has 78 valence electrons. The lowest BCUT2D eigenvalue weighted by Crippen LogP contribution is -1.89. The first-order valence-electron chi connectivity index (χ1n) is 4.47. The summed E-state index contributed by atoms with van der Waals surface area (Å²) in [5.74, 6) is 0.837. The summed E-state index contributed by atoms with van der Waals surface area (Å²) in [4.78, 5) is 0. The smallest absolute Gasteiger partial charge is 0.0223 e. The minimum atomic E-state index is 0. The number of hydrogen-bond acceptors (Lipinski definition) is 1. The second-order valence-corrected chi connectivity index (χ2v) is 2.98. The molecule has 0 aromatic heterocycles. The fourth-order valence-electron chi connectivity index (χ4n) is 0.698. The van der Waals surface area contributed by atoms with Crippen molar-refractivity contribution in [3.63, 3.8) is 0 Å². The largest absolute Gasteiger partial charge is 0.323 e. The molecule has 0 rings (SSSR count). The van der Waals surface area contributed by atoms with Crippen molar-refractivity contribution in [1.82, 2.24) is 5.32 Å². The monoisotopic (exact) mass is 215 g/mol. The molecule has 3 heteroatoms. The van der Waals surface area contributed by atoms with E-state index < -0.39 is 0 Å². The van der Waals surface area contributed by atoms with Crippen molar-refractivity contribution in [2.75, 3.05) is 20.0 Å². The van der Waals surface area contributed by atoms with E-state index in [9.17, 15) is 0 Å². The van der Waals surface area contributed by atoms with E-state index in [1.807, 2.05) is 14.1 Å². The summed E-state index contributed by atoms with van der Waals surface area (Å²) in [6, 6.07) is 0. The number of alkyl halides is 1. The van der Waals surface area contributed by atoms with Crippen LogP contribution in [0.3, 0.4) is 0 Å². The molecular weight excluding hydrogens is 193 g/mol. The zero-order valence-corrected chi connectivity index (χ0v) is 10.1. The fourth-order valence-corrected chi connectivity index (χ4v) is 0.887. The molecule has 0 aromatic carbocycles.